The maximum atomic E-state index is 5.73. The van der Waals surface area contributed by atoms with Crippen molar-refractivity contribution in [2.75, 3.05) is 19.6 Å². The van der Waals surface area contributed by atoms with Gasteiger partial charge in [-0.2, -0.15) is 16.4 Å². The van der Waals surface area contributed by atoms with E-state index in [9.17, 15) is 0 Å². The average molecular weight is 883 g/mol. The zero-order valence-electron chi connectivity index (χ0n) is 41.7. The molecule has 0 amide bonds. The molecule has 1 rings (SSSR count). The quantitative estimate of drug-likeness (QED) is 0.0335. The minimum absolute atomic E-state index is 0.133. The van der Waals surface area contributed by atoms with Gasteiger partial charge in [0.2, 0.25) is 0 Å². The van der Waals surface area contributed by atoms with E-state index in [1.54, 1.807) is 0 Å². The Balaban J connectivity index is 2.30. The van der Waals surface area contributed by atoms with Crippen LogP contribution >= 0.6 is 0 Å². The predicted molar refractivity (Wildman–Crippen MR) is 270 cm³/mol. The lowest BCUT2D eigenvalue weighted by Gasteiger charge is -2.10. The van der Waals surface area contributed by atoms with E-state index in [2.05, 4.69) is 88.6 Å². The summed E-state index contributed by atoms with van der Waals surface area (Å²) >= 11 is 0. The summed E-state index contributed by atoms with van der Waals surface area (Å²) in [4.78, 5) is 30.3. The molecule has 0 aliphatic carbocycles. The molecule has 9 heteroatoms. The van der Waals surface area contributed by atoms with Crippen LogP contribution in [0.5, 0.6) is 18.0 Å². The molecule has 0 fully saturated rings. The largest absolute Gasteiger partial charge is 0.368 e. The van der Waals surface area contributed by atoms with E-state index in [0.717, 1.165) is 58.2 Å². The summed E-state index contributed by atoms with van der Waals surface area (Å²) in [6, 6.07) is 0.398. The predicted octanol–water partition coefficient (Wildman–Crippen LogP) is 16.5. The Labute approximate surface area is 389 Å². The number of allylic oxidation sites excluding steroid dienone is 6. The minimum Gasteiger partial charge on any atom is -0.368 e. The highest BCUT2D eigenvalue weighted by atomic mass is 16.7. The fourth-order valence-corrected chi connectivity index (χ4v) is 7.61. The van der Waals surface area contributed by atoms with Crippen LogP contribution in [0.4, 0.5) is 0 Å². The summed E-state index contributed by atoms with van der Waals surface area (Å²) in [5.41, 5.74) is 9.09. The third kappa shape index (κ3) is 44.5. The molecule has 1 aromatic rings. The van der Waals surface area contributed by atoms with Crippen molar-refractivity contribution in [2.45, 2.75) is 271 Å². The van der Waals surface area contributed by atoms with Crippen LogP contribution in [0.3, 0.4) is 0 Å². The van der Waals surface area contributed by atoms with Gasteiger partial charge in [-0.1, -0.05) is 211 Å². The molecule has 0 atom stereocenters. The summed E-state index contributed by atoms with van der Waals surface area (Å²) in [5.74, 6) is 0. The summed E-state index contributed by atoms with van der Waals surface area (Å²) in [6.45, 7) is 9.00. The van der Waals surface area contributed by atoms with Crippen molar-refractivity contribution >= 4 is 0 Å². The standard InChI is InChI=1S/C54H102N6O3/c1-4-7-10-13-16-19-22-25-28-31-34-37-40-43-46-49-55-61-52-58-53(62-56-50-47-44-41-38-35-32-29-26-23-20-17-14-11-8-5-2)60-54(59-52)63-57-51-48-45-42-39-36-33-30-27-24-21-18-15-12-9-6-3/h25-30,55-57H,4-24,31-51H2,1-3H3. The van der Waals surface area contributed by atoms with Crippen molar-refractivity contribution in [3.05, 3.63) is 36.5 Å². The first-order chi connectivity index (χ1) is 31.3. The van der Waals surface area contributed by atoms with Gasteiger partial charge in [-0.25, -0.2) is 0 Å². The van der Waals surface area contributed by atoms with Gasteiger partial charge >= 0.3 is 18.0 Å². The van der Waals surface area contributed by atoms with Gasteiger partial charge in [0.05, 0.1) is 0 Å². The fraction of sp³-hybridized carbons (Fsp3) is 0.833. The third-order valence-corrected chi connectivity index (χ3v) is 11.7. The molecule has 1 heterocycles. The third-order valence-electron chi connectivity index (χ3n) is 11.7. The molecule has 0 aliphatic rings. The van der Waals surface area contributed by atoms with Crippen LogP contribution in [0.25, 0.3) is 0 Å². The van der Waals surface area contributed by atoms with Crippen molar-refractivity contribution in [2.24, 2.45) is 0 Å². The first-order valence-corrected chi connectivity index (χ1v) is 27.2. The van der Waals surface area contributed by atoms with E-state index in [0.29, 0.717) is 0 Å². The van der Waals surface area contributed by atoms with Gasteiger partial charge in [-0.3, -0.25) is 0 Å². The number of hydrogen-bond donors (Lipinski definition) is 3. The SMILES string of the molecule is CCCCCCCCC=CCCCCCCCNOc1nc(ONCCCCCCCC=CCCCCCCCC)nc(ONCCCCCCCC=CCCCCCCCC)n1. The van der Waals surface area contributed by atoms with E-state index in [1.807, 2.05) is 0 Å². The molecular formula is C54H102N6O3. The molecule has 0 aromatic carbocycles. The lowest BCUT2D eigenvalue weighted by atomic mass is 10.1. The average Bonchev–Trinajstić information content (AvgIpc) is 3.29. The second-order valence-electron chi connectivity index (χ2n) is 17.9. The van der Waals surface area contributed by atoms with Crippen LogP contribution in [-0.4, -0.2) is 34.6 Å². The number of aromatic nitrogens is 3. The molecule has 3 N–H and O–H groups in total. The van der Waals surface area contributed by atoms with Gasteiger partial charge in [0.25, 0.3) is 0 Å². The van der Waals surface area contributed by atoms with Gasteiger partial charge in [-0.15, -0.1) is 15.0 Å². The summed E-state index contributed by atoms with van der Waals surface area (Å²) < 4.78 is 0. The van der Waals surface area contributed by atoms with Gasteiger partial charge < -0.3 is 14.5 Å². The van der Waals surface area contributed by atoms with Crippen LogP contribution in [0, 0.1) is 0 Å². The Kier molecular flexibility index (Phi) is 46.9. The highest BCUT2D eigenvalue weighted by Gasteiger charge is 2.11. The van der Waals surface area contributed by atoms with E-state index in [-0.39, 0.29) is 18.0 Å². The number of nitrogens with zero attached hydrogens (tertiary/aromatic N) is 3. The van der Waals surface area contributed by atoms with Crippen molar-refractivity contribution in [1.82, 2.24) is 31.4 Å². The number of rotatable bonds is 51. The first-order valence-electron chi connectivity index (χ1n) is 27.2. The minimum atomic E-state index is 0.133. The van der Waals surface area contributed by atoms with Crippen LogP contribution < -0.4 is 31.0 Å². The first kappa shape index (κ1) is 58.5. The Morgan fingerprint density at radius 1 is 0.270 bits per heavy atom. The van der Waals surface area contributed by atoms with Crippen molar-refractivity contribution < 1.29 is 14.5 Å². The van der Waals surface area contributed by atoms with Gasteiger partial charge in [0.15, 0.2) is 0 Å². The van der Waals surface area contributed by atoms with E-state index in [4.69, 9.17) is 14.5 Å². The number of hydrogen-bond acceptors (Lipinski definition) is 9. The second kappa shape index (κ2) is 50.5. The highest BCUT2D eigenvalue weighted by Crippen LogP contribution is 2.15. The van der Waals surface area contributed by atoms with Crippen molar-refractivity contribution in [3.63, 3.8) is 0 Å². The molecule has 0 saturated carbocycles. The molecular weight excluding hydrogens is 781 g/mol. The Hall–Kier alpha value is -2.49. The summed E-state index contributed by atoms with van der Waals surface area (Å²) in [6.07, 6.45) is 64.2. The number of hydroxylamine groups is 3. The number of unbranched alkanes of at least 4 members (excludes halogenated alkanes) is 33. The molecule has 0 radical (unpaired) electrons. The van der Waals surface area contributed by atoms with E-state index in [1.165, 1.54) is 212 Å². The second-order valence-corrected chi connectivity index (χ2v) is 17.9. The molecule has 0 unspecified atom stereocenters. The summed E-state index contributed by atoms with van der Waals surface area (Å²) in [7, 11) is 0. The van der Waals surface area contributed by atoms with Crippen LogP contribution in [-0.2, 0) is 0 Å². The molecule has 366 valence electrons. The van der Waals surface area contributed by atoms with Crippen molar-refractivity contribution in [3.8, 4) is 18.0 Å². The van der Waals surface area contributed by atoms with Gasteiger partial charge in [0, 0.05) is 19.6 Å². The molecule has 1 aromatic heterocycles. The lowest BCUT2D eigenvalue weighted by Crippen LogP contribution is -2.25. The van der Waals surface area contributed by atoms with Gasteiger partial charge in [-0.05, 0) is 96.3 Å². The zero-order chi connectivity index (χ0) is 45.0. The zero-order valence-corrected chi connectivity index (χ0v) is 41.7. The van der Waals surface area contributed by atoms with Gasteiger partial charge in [0.1, 0.15) is 0 Å². The molecule has 0 aliphatic heterocycles. The molecule has 9 nitrogen and oxygen atoms in total. The Morgan fingerprint density at radius 2 is 0.460 bits per heavy atom. The van der Waals surface area contributed by atoms with Crippen LogP contribution in [0.15, 0.2) is 36.5 Å². The lowest BCUT2D eigenvalue weighted by molar-refractivity contribution is 0.132. The molecule has 0 spiro atoms. The summed E-state index contributed by atoms with van der Waals surface area (Å²) in [5, 5.41) is 0. The molecule has 0 bridgehead atoms. The topological polar surface area (TPSA) is 102 Å². The van der Waals surface area contributed by atoms with E-state index >= 15 is 0 Å². The van der Waals surface area contributed by atoms with E-state index < -0.39 is 0 Å². The molecule has 0 saturated heterocycles. The maximum Gasteiger partial charge on any atom is 0.345 e. The fourth-order valence-electron chi connectivity index (χ4n) is 7.61. The van der Waals surface area contributed by atoms with Crippen molar-refractivity contribution in [1.29, 1.82) is 0 Å². The monoisotopic (exact) mass is 883 g/mol. The number of nitrogens with one attached hydrogen (secondary N) is 3. The maximum absolute atomic E-state index is 5.73. The van der Waals surface area contributed by atoms with Crippen LogP contribution in [0.1, 0.15) is 271 Å². The highest BCUT2D eigenvalue weighted by molar-refractivity contribution is 5.08. The normalized spacial score (nSPS) is 11.9. The Morgan fingerprint density at radius 3 is 0.683 bits per heavy atom. The molecule has 63 heavy (non-hydrogen) atoms. The smallest absolute Gasteiger partial charge is 0.345 e. The Bertz CT molecular complexity index is 998. The van der Waals surface area contributed by atoms with Crippen LogP contribution in [0.2, 0.25) is 0 Å².